The zero-order valence-corrected chi connectivity index (χ0v) is 15.1. The van der Waals surface area contributed by atoms with Crippen LogP contribution in [0, 0.1) is 13.8 Å². The van der Waals surface area contributed by atoms with E-state index in [9.17, 15) is 4.79 Å². The third-order valence-electron chi connectivity index (χ3n) is 3.10. The number of nitrogens with zero attached hydrogens (tertiary/aromatic N) is 2. The number of ketones is 1. The Kier molecular flexibility index (Phi) is 5.09. The van der Waals surface area contributed by atoms with Crippen LogP contribution in [-0.2, 0) is 0 Å². The zero-order valence-electron chi connectivity index (χ0n) is 12.7. The third-order valence-corrected chi connectivity index (χ3v) is 5.76. The number of Topliss-reactive ketones (excluding diaryl/α,β-unsaturated/α-hetero) is 1. The van der Waals surface area contributed by atoms with Crippen molar-refractivity contribution < 1.29 is 4.79 Å². The number of thioether (sulfide) groups is 1. The standard InChI is InChI=1S/C16H15N3OS3/c1-10-8-13(11(2)23-10)14(20)9-22-16-17-15(18-19-16)6-5-12-4-3-7-21-12/h3-8H,9H2,1-2H3,(H,17,18,19)/b6-5+. The van der Waals surface area contributed by atoms with Gasteiger partial charge in [-0.2, -0.15) is 0 Å². The van der Waals surface area contributed by atoms with E-state index < -0.39 is 0 Å². The lowest BCUT2D eigenvalue weighted by Gasteiger charge is -1.97. The molecule has 0 saturated carbocycles. The molecule has 23 heavy (non-hydrogen) atoms. The molecule has 0 aliphatic heterocycles. The molecule has 0 amide bonds. The number of rotatable bonds is 6. The van der Waals surface area contributed by atoms with E-state index >= 15 is 0 Å². The number of aryl methyl sites for hydroxylation is 2. The van der Waals surface area contributed by atoms with Gasteiger partial charge < -0.3 is 0 Å². The number of thiophene rings is 2. The van der Waals surface area contributed by atoms with Crippen molar-refractivity contribution in [1.29, 1.82) is 0 Å². The molecule has 0 atom stereocenters. The summed E-state index contributed by atoms with van der Waals surface area (Å²) in [5.74, 6) is 1.16. The van der Waals surface area contributed by atoms with Gasteiger partial charge in [0.25, 0.3) is 0 Å². The Balaban J connectivity index is 1.59. The number of aromatic nitrogens is 3. The molecule has 0 unspecified atom stereocenters. The minimum atomic E-state index is 0.123. The molecule has 3 aromatic rings. The van der Waals surface area contributed by atoms with Gasteiger partial charge in [-0.1, -0.05) is 17.8 Å². The van der Waals surface area contributed by atoms with Crippen LogP contribution in [0.3, 0.4) is 0 Å². The molecule has 3 aromatic heterocycles. The molecule has 0 aromatic carbocycles. The van der Waals surface area contributed by atoms with Gasteiger partial charge in [-0.3, -0.25) is 9.89 Å². The van der Waals surface area contributed by atoms with E-state index in [-0.39, 0.29) is 5.78 Å². The molecule has 0 fully saturated rings. The molecule has 7 heteroatoms. The van der Waals surface area contributed by atoms with Crippen molar-refractivity contribution in [2.45, 2.75) is 19.0 Å². The first-order valence-electron chi connectivity index (χ1n) is 6.99. The van der Waals surface area contributed by atoms with E-state index in [0.717, 1.165) is 20.2 Å². The van der Waals surface area contributed by atoms with Crippen LogP contribution >= 0.6 is 34.4 Å². The first-order chi connectivity index (χ1) is 11.1. The number of hydrogen-bond donors (Lipinski definition) is 1. The maximum Gasteiger partial charge on any atom is 0.209 e. The highest BCUT2D eigenvalue weighted by atomic mass is 32.2. The van der Waals surface area contributed by atoms with E-state index in [0.29, 0.717) is 16.7 Å². The minimum absolute atomic E-state index is 0.123. The van der Waals surface area contributed by atoms with Crippen molar-refractivity contribution in [1.82, 2.24) is 15.2 Å². The van der Waals surface area contributed by atoms with Gasteiger partial charge in [0.05, 0.1) is 5.75 Å². The van der Waals surface area contributed by atoms with E-state index in [1.807, 2.05) is 49.6 Å². The number of aromatic amines is 1. The molecule has 0 spiro atoms. The van der Waals surface area contributed by atoms with E-state index in [1.54, 1.807) is 22.7 Å². The largest absolute Gasteiger partial charge is 0.293 e. The lowest BCUT2D eigenvalue weighted by molar-refractivity contribution is 0.102. The monoisotopic (exact) mass is 361 g/mol. The summed E-state index contributed by atoms with van der Waals surface area (Å²) in [6.07, 6.45) is 3.87. The molecular formula is C16H15N3OS3. The smallest absolute Gasteiger partial charge is 0.209 e. The number of hydrogen-bond acceptors (Lipinski definition) is 6. The molecule has 118 valence electrons. The second-order valence-electron chi connectivity index (χ2n) is 4.89. The fraction of sp³-hybridized carbons (Fsp3) is 0.188. The summed E-state index contributed by atoms with van der Waals surface area (Å²) in [5.41, 5.74) is 0.813. The van der Waals surface area contributed by atoms with Crippen molar-refractivity contribution in [3.63, 3.8) is 0 Å². The van der Waals surface area contributed by atoms with Crippen LogP contribution in [0.5, 0.6) is 0 Å². The quantitative estimate of drug-likeness (QED) is 0.511. The van der Waals surface area contributed by atoms with Crippen LogP contribution in [0.15, 0.2) is 28.7 Å². The Bertz CT molecular complexity index is 831. The van der Waals surface area contributed by atoms with Gasteiger partial charge in [0.1, 0.15) is 5.82 Å². The molecule has 0 saturated heterocycles. The average molecular weight is 362 g/mol. The Morgan fingerprint density at radius 2 is 2.26 bits per heavy atom. The summed E-state index contributed by atoms with van der Waals surface area (Å²) in [7, 11) is 0. The van der Waals surface area contributed by atoms with Gasteiger partial charge in [-0.05, 0) is 43.5 Å². The summed E-state index contributed by atoms with van der Waals surface area (Å²) in [4.78, 5) is 20.0. The van der Waals surface area contributed by atoms with Crippen molar-refractivity contribution in [2.24, 2.45) is 0 Å². The molecular weight excluding hydrogens is 346 g/mol. The highest BCUT2D eigenvalue weighted by molar-refractivity contribution is 7.99. The van der Waals surface area contributed by atoms with Crippen LogP contribution in [0.25, 0.3) is 12.2 Å². The van der Waals surface area contributed by atoms with Crippen LogP contribution in [0.4, 0.5) is 0 Å². The van der Waals surface area contributed by atoms with Crippen molar-refractivity contribution >= 4 is 52.4 Å². The second-order valence-corrected chi connectivity index (χ2v) is 8.27. The van der Waals surface area contributed by atoms with Gasteiger partial charge in [0.15, 0.2) is 5.78 Å². The third kappa shape index (κ3) is 4.19. The second kappa shape index (κ2) is 7.25. The van der Waals surface area contributed by atoms with Crippen LogP contribution in [0.1, 0.15) is 30.8 Å². The Morgan fingerprint density at radius 1 is 1.39 bits per heavy atom. The van der Waals surface area contributed by atoms with Gasteiger partial charge >= 0.3 is 0 Å². The number of H-pyrrole nitrogens is 1. The topological polar surface area (TPSA) is 58.6 Å². The van der Waals surface area contributed by atoms with Gasteiger partial charge in [0, 0.05) is 20.2 Å². The number of nitrogens with one attached hydrogen (secondary N) is 1. The molecule has 0 bridgehead atoms. The predicted molar refractivity (Wildman–Crippen MR) is 98.5 cm³/mol. The SMILES string of the molecule is Cc1cc(C(=O)CSc2n[nH]c(/C=C/c3cccs3)n2)c(C)s1. The fourth-order valence-corrected chi connectivity index (χ4v) is 4.31. The van der Waals surface area contributed by atoms with Crippen LogP contribution in [0.2, 0.25) is 0 Å². The van der Waals surface area contributed by atoms with Crippen molar-refractivity contribution in [3.8, 4) is 0 Å². The average Bonchev–Trinajstić information content (AvgIpc) is 3.24. The van der Waals surface area contributed by atoms with Gasteiger partial charge in [-0.15, -0.1) is 27.8 Å². The normalized spacial score (nSPS) is 11.4. The lowest BCUT2D eigenvalue weighted by Crippen LogP contribution is -2.02. The fourth-order valence-electron chi connectivity index (χ4n) is 2.06. The lowest BCUT2D eigenvalue weighted by atomic mass is 10.2. The maximum atomic E-state index is 12.2. The van der Waals surface area contributed by atoms with Crippen LogP contribution in [-0.4, -0.2) is 26.7 Å². The Hall–Kier alpha value is -1.70. The van der Waals surface area contributed by atoms with Gasteiger partial charge in [0.2, 0.25) is 5.16 Å². The van der Waals surface area contributed by atoms with Crippen molar-refractivity contribution in [3.05, 3.63) is 49.6 Å². The molecule has 0 aliphatic carbocycles. The summed E-state index contributed by atoms with van der Waals surface area (Å²) < 4.78 is 0. The molecule has 0 radical (unpaired) electrons. The highest BCUT2D eigenvalue weighted by Gasteiger charge is 2.13. The first kappa shape index (κ1) is 16.2. The maximum absolute atomic E-state index is 12.2. The molecule has 1 N–H and O–H groups in total. The van der Waals surface area contributed by atoms with Gasteiger partial charge in [-0.25, -0.2) is 4.98 Å². The molecule has 3 heterocycles. The van der Waals surface area contributed by atoms with E-state index in [4.69, 9.17) is 0 Å². The molecule has 0 aliphatic rings. The summed E-state index contributed by atoms with van der Waals surface area (Å²) in [6, 6.07) is 6.00. The Labute approximate surface area is 146 Å². The van der Waals surface area contributed by atoms with Crippen molar-refractivity contribution in [2.75, 3.05) is 5.75 Å². The molecule has 4 nitrogen and oxygen atoms in total. The summed E-state index contributed by atoms with van der Waals surface area (Å²) in [6.45, 7) is 4.00. The highest BCUT2D eigenvalue weighted by Crippen LogP contribution is 2.23. The van der Waals surface area contributed by atoms with E-state index in [2.05, 4.69) is 15.2 Å². The number of carbonyl (C=O) groups is 1. The first-order valence-corrected chi connectivity index (χ1v) is 9.67. The number of carbonyl (C=O) groups excluding carboxylic acids is 1. The van der Waals surface area contributed by atoms with Crippen LogP contribution < -0.4 is 0 Å². The zero-order chi connectivity index (χ0) is 16.2. The Morgan fingerprint density at radius 3 is 2.96 bits per heavy atom. The minimum Gasteiger partial charge on any atom is -0.293 e. The summed E-state index contributed by atoms with van der Waals surface area (Å²) >= 11 is 4.68. The molecule has 3 rings (SSSR count). The predicted octanol–water partition coefficient (Wildman–Crippen LogP) is 4.69. The van der Waals surface area contributed by atoms with E-state index in [1.165, 1.54) is 11.8 Å². The summed E-state index contributed by atoms with van der Waals surface area (Å²) in [5, 5.41) is 9.63.